The molecule has 1 unspecified atom stereocenters. The van der Waals surface area contributed by atoms with Crippen molar-refractivity contribution in [3.05, 3.63) is 70.8 Å². The van der Waals surface area contributed by atoms with E-state index in [-0.39, 0.29) is 0 Å². The van der Waals surface area contributed by atoms with Gasteiger partial charge in [0.25, 0.3) is 0 Å². The molecule has 2 aromatic rings. The van der Waals surface area contributed by atoms with Crippen LogP contribution in [-0.2, 0) is 6.42 Å². The number of hydrogen-bond donors (Lipinski definition) is 1. The van der Waals surface area contributed by atoms with Crippen LogP contribution in [0.5, 0.6) is 0 Å². The van der Waals surface area contributed by atoms with Crippen molar-refractivity contribution >= 4 is 0 Å². The first-order valence-electron chi connectivity index (χ1n) is 6.99. The van der Waals surface area contributed by atoms with Gasteiger partial charge in [-0.05, 0) is 50.4 Å². The first kappa shape index (κ1) is 13.8. The van der Waals surface area contributed by atoms with Crippen molar-refractivity contribution in [1.29, 1.82) is 0 Å². The maximum Gasteiger partial charge on any atom is 0.0323 e. The fourth-order valence-electron chi connectivity index (χ4n) is 2.63. The molecule has 0 aliphatic heterocycles. The summed E-state index contributed by atoms with van der Waals surface area (Å²) in [7, 11) is 2.05. The van der Waals surface area contributed by atoms with Gasteiger partial charge in [0.1, 0.15) is 0 Å². The second-order valence-electron chi connectivity index (χ2n) is 5.23. The van der Waals surface area contributed by atoms with Crippen LogP contribution in [-0.4, -0.2) is 7.05 Å². The van der Waals surface area contributed by atoms with Gasteiger partial charge < -0.3 is 5.32 Å². The molecule has 0 heterocycles. The molecule has 0 aliphatic rings. The van der Waals surface area contributed by atoms with Crippen molar-refractivity contribution in [1.82, 2.24) is 5.32 Å². The smallest absolute Gasteiger partial charge is 0.0323 e. The Morgan fingerprint density at radius 2 is 1.74 bits per heavy atom. The number of aryl methyl sites for hydroxylation is 3. The van der Waals surface area contributed by atoms with E-state index in [1.165, 1.54) is 22.3 Å². The molecule has 1 atom stereocenters. The lowest BCUT2D eigenvalue weighted by Gasteiger charge is -2.19. The van der Waals surface area contributed by atoms with E-state index in [0.29, 0.717) is 6.04 Å². The molecule has 1 heteroatoms. The predicted molar refractivity (Wildman–Crippen MR) is 82.5 cm³/mol. The second-order valence-corrected chi connectivity index (χ2v) is 5.23. The summed E-state index contributed by atoms with van der Waals surface area (Å²) in [6.07, 6.45) is 2.24. The molecular formula is C18H23N. The minimum absolute atomic E-state index is 0.431. The Kier molecular flexibility index (Phi) is 4.75. The SMILES string of the molecule is CNC(CCc1ccccc1)c1ccc(C)cc1C. The Morgan fingerprint density at radius 1 is 1.00 bits per heavy atom. The van der Waals surface area contributed by atoms with E-state index in [2.05, 4.69) is 74.7 Å². The monoisotopic (exact) mass is 253 g/mol. The summed E-state index contributed by atoms with van der Waals surface area (Å²) in [4.78, 5) is 0. The summed E-state index contributed by atoms with van der Waals surface area (Å²) in [5.74, 6) is 0. The van der Waals surface area contributed by atoms with Gasteiger partial charge in [0, 0.05) is 6.04 Å². The Morgan fingerprint density at radius 3 is 2.37 bits per heavy atom. The molecule has 0 saturated heterocycles. The topological polar surface area (TPSA) is 12.0 Å². The van der Waals surface area contributed by atoms with Gasteiger partial charge >= 0.3 is 0 Å². The zero-order chi connectivity index (χ0) is 13.7. The highest BCUT2D eigenvalue weighted by Gasteiger charge is 2.11. The van der Waals surface area contributed by atoms with Gasteiger partial charge in [0.2, 0.25) is 0 Å². The molecule has 0 saturated carbocycles. The third-order valence-corrected chi connectivity index (χ3v) is 3.71. The summed E-state index contributed by atoms with van der Waals surface area (Å²) in [6.45, 7) is 4.35. The van der Waals surface area contributed by atoms with E-state index in [1.807, 2.05) is 0 Å². The van der Waals surface area contributed by atoms with E-state index in [0.717, 1.165) is 12.8 Å². The lowest BCUT2D eigenvalue weighted by Crippen LogP contribution is -2.18. The summed E-state index contributed by atoms with van der Waals surface area (Å²) < 4.78 is 0. The van der Waals surface area contributed by atoms with Crippen LogP contribution in [0.4, 0.5) is 0 Å². The van der Waals surface area contributed by atoms with Crippen LogP contribution in [0.3, 0.4) is 0 Å². The van der Waals surface area contributed by atoms with E-state index < -0.39 is 0 Å². The molecule has 0 fully saturated rings. The molecule has 2 aromatic carbocycles. The van der Waals surface area contributed by atoms with E-state index >= 15 is 0 Å². The number of rotatable bonds is 5. The summed E-state index contributed by atoms with van der Waals surface area (Å²) >= 11 is 0. The standard InChI is InChI=1S/C18H23N/c1-14-9-11-17(15(2)13-14)18(19-3)12-10-16-7-5-4-6-8-16/h4-9,11,13,18-19H,10,12H2,1-3H3. The Bertz CT molecular complexity index is 516. The van der Waals surface area contributed by atoms with Crippen LogP contribution in [0.2, 0.25) is 0 Å². The van der Waals surface area contributed by atoms with Gasteiger partial charge in [-0.1, -0.05) is 54.1 Å². The zero-order valence-electron chi connectivity index (χ0n) is 12.1. The van der Waals surface area contributed by atoms with Crippen LogP contribution in [0, 0.1) is 13.8 Å². The summed E-state index contributed by atoms with van der Waals surface area (Å²) in [5, 5.41) is 3.45. The molecular weight excluding hydrogens is 230 g/mol. The molecule has 0 spiro atoms. The summed E-state index contributed by atoms with van der Waals surface area (Å²) in [6, 6.07) is 17.9. The largest absolute Gasteiger partial charge is 0.313 e. The number of benzene rings is 2. The van der Waals surface area contributed by atoms with Crippen molar-refractivity contribution < 1.29 is 0 Å². The molecule has 100 valence electrons. The molecule has 0 aliphatic carbocycles. The normalized spacial score (nSPS) is 12.4. The van der Waals surface area contributed by atoms with E-state index in [9.17, 15) is 0 Å². The first-order valence-corrected chi connectivity index (χ1v) is 6.99. The number of hydrogen-bond acceptors (Lipinski definition) is 1. The van der Waals surface area contributed by atoms with Crippen LogP contribution >= 0.6 is 0 Å². The lowest BCUT2D eigenvalue weighted by molar-refractivity contribution is 0.546. The minimum atomic E-state index is 0.431. The Balaban J connectivity index is 2.08. The molecule has 0 aromatic heterocycles. The summed E-state index contributed by atoms with van der Waals surface area (Å²) in [5.41, 5.74) is 5.54. The second kappa shape index (κ2) is 6.53. The molecule has 1 N–H and O–H groups in total. The predicted octanol–water partition coefficient (Wildman–Crippen LogP) is 4.20. The van der Waals surface area contributed by atoms with E-state index in [1.54, 1.807) is 0 Å². The Hall–Kier alpha value is -1.60. The molecule has 0 bridgehead atoms. The van der Waals surface area contributed by atoms with Gasteiger partial charge in [-0.3, -0.25) is 0 Å². The molecule has 0 amide bonds. The average Bonchev–Trinajstić information content (AvgIpc) is 2.42. The molecule has 1 nitrogen and oxygen atoms in total. The van der Waals surface area contributed by atoms with E-state index in [4.69, 9.17) is 0 Å². The van der Waals surface area contributed by atoms with Gasteiger partial charge in [-0.2, -0.15) is 0 Å². The minimum Gasteiger partial charge on any atom is -0.313 e. The highest BCUT2D eigenvalue weighted by atomic mass is 14.9. The highest BCUT2D eigenvalue weighted by Crippen LogP contribution is 2.23. The van der Waals surface area contributed by atoms with Crippen LogP contribution in [0.15, 0.2) is 48.5 Å². The van der Waals surface area contributed by atoms with Crippen LogP contribution < -0.4 is 5.32 Å². The average molecular weight is 253 g/mol. The van der Waals surface area contributed by atoms with Gasteiger partial charge in [-0.15, -0.1) is 0 Å². The van der Waals surface area contributed by atoms with Gasteiger partial charge in [0.15, 0.2) is 0 Å². The lowest BCUT2D eigenvalue weighted by atomic mass is 9.94. The molecule has 2 rings (SSSR count). The highest BCUT2D eigenvalue weighted by molar-refractivity contribution is 5.33. The van der Waals surface area contributed by atoms with Crippen LogP contribution in [0.25, 0.3) is 0 Å². The van der Waals surface area contributed by atoms with Crippen molar-refractivity contribution in [2.45, 2.75) is 32.7 Å². The third kappa shape index (κ3) is 3.68. The quantitative estimate of drug-likeness (QED) is 0.842. The number of nitrogens with one attached hydrogen (secondary N) is 1. The van der Waals surface area contributed by atoms with Crippen molar-refractivity contribution in [2.24, 2.45) is 0 Å². The maximum atomic E-state index is 3.45. The molecule has 0 radical (unpaired) electrons. The van der Waals surface area contributed by atoms with Gasteiger partial charge in [-0.25, -0.2) is 0 Å². The zero-order valence-corrected chi connectivity index (χ0v) is 12.1. The first-order chi connectivity index (χ1) is 9.20. The maximum absolute atomic E-state index is 3.45. The fraction of sp³-hybridized carbons (Fsp3) is 0.333. The fourth-order valence-corrected chi connectivity index (χ4v) is 2.63. The van der Waals surface area contributed by atoms with Crippen molar-refractivity contribution in [3.8, 4) is 0 Å². The van der Waals surface area contributed by atoms with Crippen molar-refractivity contribution in [3.63, 3.8) is 0 Å². The van der Waals surface area contributed by atoms with Crippen LogP contribution in [0.1, 0.15) is 34.7 Å². The van der Waals surface area contributed by atoms with Gasteiger partial charge in [0.05, 0.1) is 0 Å². The molecule has 19 heavy (non-hydrogen) atoms. The third-order valence-electron chi connectivity index (χ3n) is 3.71. The Labute approximate surface area is 116 Å². The van der Waals surface area contributed by atoms with Crippen molar-refractivity contribution in [2.75, 3.05) is 7.05 Å².